The van der Waals surface area contributed by atoms with Gasteiger partial charge in [0.05, 0.1) is 24.0 Å². The molecule has 1 saturated heterocycles. The van der Waals surface area contributed by atoms with Gasteiger partial charge in [0.2, 0.25) is 11.8 Å². The normalized spacial score (nSPS) is 26.9. The van der Waals surface area contributed by atoms with Crippen LogP contribution in [-0.2, 0) is 14.3 Å². The van der Waals surface area contributed by atoms with Gasteiger partial charge in [-0.2, -0.15) is 0 Å². The summed E-state index contributed by atoms with van der Waals surface area (Å²) in [5.41, 5.74) is 2.80. The first-order valence-electron chi connectivity index (χ1n) is 16.6. The number of hydrogen-bond acceptors (Lipinski definition) is 4. The predicted molar refractivity (Wildman–Crippen MR) is 174 cm³/mol. The van der Waals surface area contributed by atoms with E-state index in [9.17, 15) is 14.4 Å². The minimum Gasteiger partial charge on any atom is -0.378 e. The Bertz CT molecular complexity index is 1460. The van der Waals surface area contributed by atoms with Crippen LogP contribution in [0, 0.1) is 22.7 Å². The molecule has 8 rings (SSSR count). The van der Waals surface area contributed by atoms with Gasteiger partial charge < -0.3 is 20.3 Å². The lowest BCUT2D eigenvalue weighted by Crippen LogP contribution is -2.60. The van der Waals surface area contributed by atoms with Crippen molar-refractivity contribution in [3.63, 3.8) is 0 Å². The van der Waals surface area contributed by atoms with Crippen LogP contribution in [0.5, 0.6) is 0 Å². The lowest BCUT2D eigenvalue weighted by atomic mass is 9.43. The summed E-state index contributed by atoms with van der Waals surface area (Å²) in [7, 11) is 0. The molecule has 4 saturated carbocycles. The number of amides is 3. The Morgan fingerprint density at radius 1 is 0.756 bits per heavy atom. The summed E-state index contributed by atoms with van der Waals surface area (Å²) < 4.78 is 5.37. The van der Waals surface area contributed by atoms with Crippen LogP contribution in [0.4, 0.5) is 5.69 Å². The number of carbonyl (C=O) groups excluding carboxylic acids is 3. The number of morpholine rings is 1. The summed E-state index contributed by atoms with van der Waals surface area (Å²) in [6, 6.07) is 28.2. The Balaban J connectivity index is 1.01. The highest BCUT2D eigenvalue weighted by Crippen LogP contribution is 2.65. The molecule has 4 bridgehead atoms. The Kier molecular flexibility index (Phi) is 8.21. The molecule has 3 aromatic carbocycles. The van der Waals surface area contributed by atoms with Crippen LogP contribution >= 0.6 is 0 Å². The largest absolute Gasteiger partial charge is 0.378 e. The maximum Gasteiger partial charge on any atom is 0.254 e. The van der Waals surface area contributed by atoms with E-state index in [1.807, 2.05) is 24.3 Å². The predicted octanol–water partition coefficient (Wildman–Crippen LogP) is 6.02. The fraction of sp³-hybridized carbons (Fsp3) is 0.447. The van der Waals surface area contributed by atoms with Crippen molar-refractivity contribution >= 4 is 23.4 Å². The minimum absolute atomic E-state index is 0.0101. The van der Waals surface area contributed by atoms with E-state index >= 15 is 0 Å². The van der Waals surface area contributed by atoms with Crippen LogP contribution in [0.25, 0.3) is 0 Å². The van der Waals surface area contributed by atoms with E-state index in [2.05, 4.69) is 59.2 Å². The fourth-order valence-electron chi connectivity index (χ4n) is 9.12. The lowest BCUT2D eigenvalue weighted by molar-refractivity contribution is -0.164. The van der Waals surface area contributed by atoms with Crippen LogP contribution < -0.4 is 10.6 Å². The molecular weight excluding hydrogens is 562 g/mol. The number of carbonyl (C=O) groups is 3. The number of anilines is 1. The second-order valence-corrected chi connectivity index (χ2v) is 13.9. The van der Waals surface area contributed by atoms with Crippen molar-refractivity contribution < 1.29 is 19.1 Å². The minimum atomic E-state index is -0.527. The summed E-state index contributed by atoms with van der Waals surface area (Å²) in [6.07, 6.45) is 6.00. The summed E-state index contributed by atoms with van der Waals surface area (Å²) in [5.74, 6) is 1.14. The van der Waals surface area contributed by atoms with Crippen molar-refractivity contribution in [1.29, 1.82) is 0 Å². The average molecular weight is 606 g/mol. The summed E-state index contributed by atoms with van der Waals surface area (Å²) in [6.45, 7) is 2.91. The second-order valence-electron chi connectivity index (χ2n) is 13.9. The van der Waals surface area contributed by atoms with E-state index in [1.54, 1.807) is 17.0 Å². The van der Waals surface area contributed by atoms with Gasteiger partial charge in [0.15, 0.2) is 0 Å². The van der Waals surface area contributed by atoms with Crippen molar-refractivity contribution in [1.82, 2.24) is 10.2 Å². The molecule has 0 radical (unpaired) electrons. The Hall–Kier alpha value is -3.97. The van der Waals surface area contributed by atoms with Gasteiger partial charge >= 0.3 is 0 Å². The number of ether oxygens (including phenoxy) is 1. The van der Waals surface area contributed by atoms with Gasteiger partial charge in [0.25, 0.3) is 5.91 Å². The van der Waals surface area contributed by atoms with E-state index in [4.69, 9.17) is 4.74 Å². The van der Waals surface area contributed by atoms with Crippen LogP contribution in [-0.4, -0.2) is 55.5 Å². The van der Waals surface area contributed by atoms with Crippen molar-refractivity contribution in [2.45, 2.75) is 50.9 Å². The zero-order valence-electron chi connectivity index (χ0n) is 25.9. The van der Waals surface area contributed by atoms with Crippen LogP contribution in [0.2, 0.25) is 0 Å². The highest BCUT2D eigenvalue weighted by atomic mass is 16.5. The van der Waals surface area contributed by atoms with Crippen molar-refractivity contribution in [2.24, 2.45) is 22.7 Å². The standard InChI is InChI=1S/C38H43N3O4/c42-34(41-17-19-45-20-18-41)31-11-13-32(14-12-31)40-36(44)38-24-27-21-28(25-38)23-37(22-27,26-38)35(43)39-16-15-33(29-7-3-1-4-8-29)30-9-5-2-6-10-30/h1-14,27-28,33H,15-26H2,(H,39,43)(H,40,44). The van der Waals surface area contributed by atoms with Crippen molar-refractivity contribution in [2.75, 3.05) is 38.2 Å². The quantitative estimate of drug-likeness (QED) is 0.312. The summed E-state index contributed by atoms with van der Waals surface area (Å²) in [5, 5.41) is 6.52. The molecule has 2 N–H and O–H groups in total. The smallest absolute Gasteiger partial charge is 0.254 e. The lowest BCUT2D eigenvalue weighted by Gasteiger charge is -2.60. The Morgan fingerprint density at radius 2 is 1.31 bits per heavy atom. The van der Waals surface area contributed by atoms with Gasteiger partial charge in [0.1, 0.15) is 0 Å². The van der Waals surface area contributed by atoms with Crippen molar-refractivity contribution in [3.05, 3.63) is 102 Å². The molecule has 7 nitrogen and oxygen atoms in total. The molecule has 234 valence electrons. The zero-order chi connectivity index (χ0) is 30.9. The Labute approximate surface area is 265 Å². The number of nitrogens with one attached hydrogen (secondary N) is 2. The van der Waals surface area contributed by atoms with E-state index < -0.39 is 10.8 Å². The molecule has 0 aromatic heterocycles. The van der Waals surface area contributed by atoms with Crippen LogP contribution in [0.3, 0.4) is 0 Å². The molecule has 4 aliphatic carbocycles. The molecule has 1 aliphatic heterocycles. The van der Waals surface area contributed by atoms with Gasteiger partial charge in [-0.15, -0.1) is 0 Å². The molecule has 5 fully saturated rings. The maximum atomic E-state index is 14.0. The molecular formula is C38H43N3O4. The first-order valence-corrected chi connectivity index (χ1v) is 16.6. The Morgan fingerprint density at radius 3 is 1.89 bits per heavy atom. The molecule has 5 aliphatic rings. The SMILES string of the molecule is O=C(c1ccc(NC(=O)C23CC4CC(CC(C(=O)NCCC(c5ccccc5)c5ccccc5)(C4)C2)C3)cc1)N1CCOCC1. The van der Waals surface area contributed by atoms with Gasteiger partial charge in [-0.25, -0.2) is 0 Å². The van der Waals surface area contributed by atoms with Crippen LogP contribution in [0.15, 0.2) is 84.9 Å². The molecule has 3 aromatic rings. The van der Waals surface area contributed by atoms with Gasteiger partial charge in [0, 0.05) is 36.8 Å². The third kappa shape index (κ3) is 6.02. The highest BCUT2D eigenvalue weighted by Gasteiger charge is 2.63. The van der Waals surface area contributed by atoms with Crippen LogP contribution in [0.1, 0.15) is 72.3 Å². The molecule has 2 unspecified atom stereocenters. The molecule has 1 heterocycles. The first kappa shape index (κ1) is 29.7. The second kappa shape index (κ2) is 12.4. The molecule has 2 atom stereocenters. The van der Waals surface area contributed by atoms with E-state index in [-0.39, 0.29) is 23.6 Å². The topological polar surface area (TPSA) is 87.7 Å². The number of hydrogen-bond donors (Lipinski definition) is 2. The van der Waals surface area contributed by atoms with Crippen molar-refractivity contribution in [3.8, 4) is 0 Å². The fourth-order valence-corrected chi connectivity index (χ4v) is 9.12. The number of benzene rings is 3. The summed E-state index contributed by atoms with van der Waals surface area (Å²) >= 11 is 0. The monoisotopic (exact) mass is 605 g/mol. The first-order chi connectivity index (χ1) is 21.9. The average Bonchev–Trinajstić information content (AvgIpc) is 3.07. The third-order valence-electron chi connectivity index (χ3n) is 10.8. The molecule has 45 heavy (non-hydrogen) atoms. The van der Waals surface area contributed by atoms with Gasteiger partial charge in [-0.1, -0.05) is 60.7 Å². The zero-order valence-corrected chi connectivity index (χ0v) is 25.9. The highest BCUT2D eigenvalue weighted by molar-refractivity contribution is 5.98. The maximum absolute atomic E-state index is 14.0. The third-order valence-corrected chi connectivity index (χ3v) is 10.8. The number of nitrogens with zero attached hydrogens (tertiary/aromatic N) is 1. The van der Waals surface area contributed by atoms with E-state index in [0.29, 0.717) is 62.4 Å². The van der Waals surface area contributed by atoms with Gasteiger partial charge in [-0.3, -0.25) is 14.4 Å². The van der Waals surface area contributed by atoms with E-state index in [0.717, 1.165) is 38.5 Å². The van der Waals surface area contributed by atoms with E-state index in [1.165, 1.54) is 11.1 Å². The van der Waals surface area contributed by atoms with Gasteiger partial charge in [-0.05, 0) is 92.2 Å². The summed E-state index contributed by atoms with van der Waals surface area (Å²) in [4.78, 5) is 42.7. The molecule has 7 heteroatoms. The molecule has 3 amide bonds. The number of rotatable bonds is 9. The molecule has 0 spiro atoms.